The van der Waals surface area contributed by atoms with Crippen LogP contribution in [0, 0.1) is 0 Å². The number of nitrogens with two attached hydrogens (primary N) is 1. The molecule has 0 aromatic heterocycles. The van der Waals surface area contributed by atoms with E-state index < -0.39 is 35.3 Å². The number of aromatic hydroxyl groups is 1. The quantitative estimate of drug-likeness (QED) is 0.398. The average molecular weight is 381 g/mol. The number of carboxylic acids is 2. The van der Waals surface area contributed by atoms with Gasteiger partial charge in [-0.15, -0.1) is 11.8 Å². The lowest BCUT2D eigenvalue weighted by molar-refractivity contribution is -0.142. The van der Waals surface area contributed by atoms with Crippen molar-refractivity contribution in [3.8, 4) is 5.75 Å². The third kappa shape index (κ3) is 4.46. The van der Waals surface area contributed by atoms with Gasteiger partial charge in [0.2, 0.25) is 5.91 Å². The first kappa shape index (κ1) is 19.6. The molecule has 1 aromatic rings. The van der Waals surface area contributed by atoms with Gasteiger partial charge in [0.1, 0.15) is 22.9 Å². The molecule has 1 amide bonds. The van der Waals surface area contributed by atoms with Crippen molar-refractivity contribution in [3.05, 3.63) is 41.1 Å². The van der Waals surface area contributed by atoms with Gasteiger partial charge in [-0.1, -0.05) is 12.1 Å². The first-order valence-electron chi connectivity index (χ1n) is 7.59. The van der Waals surface area contributed by atoms with Gasteiger partial charge in [0.05, 0.1) is 0 Å². The van der Waals surface area contributed by atoms with Crippen LogP contribution < -0.4 is 16.4 Å². The third-order valence-electron chi connectivity index (χ3n) is 3.81. The van der Waals surface area contributed by atoms with E-state index >= 15 is 0 Å². The van der Waals surface area contributed by atoms with E-state index in [4.69, 9.17) is 5.73 Å². The number of hydrogen-bond acceptors (Lipinski definition) is 7. The van der Waals surface area contributed by atoms with Gasteiger partial charge in [-0.25, -0.2) is 9.59 Å². The second-order valence-electron chi connectivity index (χ2n) is 5.73. The highest BCUT2D eigenvalue weighted by atomic mass is 32.2. The normalized spacial score (nSPS) is 19.2. The highest BCUT2D eigenvalue weighted by Crippen LogP contribution is 2.25. The number of phenolic OH excluding ortho intramolecular Hbond substituents is 1. The number of phenols is 1. The van der Waals surface area contributed by atoms with Gasteiger partial charge < -0.3 is 31.7 Å². The van der Waals surface area contributed by atoms with Gasteiger partial charge in [-0.2, -0.15) is 0 Å². The van der Waals surface area contributed by atoms with Crippen LogP contribution in [-0.2, 0) is 14.4 Å². The zero-order valence-electron chi connectivity index (χ0n) is 13.8. The van der Waals surface area contributed by atoms with Crippen LogP contribution in [0.5, 0.6) is 5.75 Å². The predicted octanol–water partition coefficient (Wildman–Crippen LogP) is -0.0175. The molecule has 3 atom stereocenters. The maximum Gasteiger partial charge on any atom is 0.351 e. The molecule has 1 aliphatic heterocycles. The fraction of sp³-hybridized carbons (Fsp3) is 0.312. The number of hydrogen-bond donors (Lipinski definition) is 6. The molecule has 0 aliphatic carbocycles. The Balaban J connectivity index is 2.13. The maximum atomic E-state index is 12.3. The largest absolute Gasteiger partial charge is 0.508 e. The minimum Gasteiger partial charge on any atom is -0.508 e. The van der Waals surface area contributed by atoms with Gasteiger partial charge in [-0.3, -0.25) is 4.79 Å². The lowest BCUT2D eigenvalue weighted by Gasteiger charge is -2.31. The Morgan fingerprint density at radius 3 is 2.42 bits per heavy atom. The van der Waals surface area contributed by atoms with E-state index in [1.807, 2.05) is 0 Å². The second-order valence-corrected chi connectivity index (χ2v) is 6.86. The molecule has 0 fully saturated rings. The van der Waals surface area contributed by atoms with Crippen molar-refractivity contribution >= 4 is 29.6 Å². The average Bonchev–Trinajstić information content (AvgIpc) is 2.59. The van der Waals surface area contributed by atoms with Crippen molar-refractivity contribution in [2.24, 2.45) is 5.73 Å². The molecule has 0 saturated carbocycles. The zero-order valence-corrected chi connectivity index (χ0v) is 14.6. The number of carbonyl (C=O) groups is 3. The minimum atomic E-state index is -1.38. The Kier molecular flexibility index (Phi) is 6.11. The van der Waals surface area contributed by atoms with Crippen LogP contribution >= 0.6 is 11.8 Å². The molecule has 10 heteroatoms. The number of thioether (sulfide) groups is 1. The standard InChI is InChI=1S/C16H19N3O6S/c1-7-6-26-14(19-11(7)15(22)23)12(16(24)25)18-13(21)10(17)8-2-4-9(20)5-3-8/h2-5,10,12,14,19-20H,6,17H2,1H3,(H,18,21)(H,22,23)(H,24,25)/t10-,12+,14-/m1/s1. The molecule has 0 bridgehead atoms. The van der Waals surface area contributed by atoms with Crippen LogP contribution in [0.25, 0.3) is 0 Å². The minimum absolute atomic E-state index is 0.0101. The summed E-state index contributed by atoms with van der Waals surface area (Å²) in [6.45, 7) is 1.63. The SMILES string of the molecule is CC1=C(C(=O)O)N[C@@H]([C@H](NC(=O)[C@H](N)c2ccc(O)cc2)C(=O)O)SC1. The first-order chi connectivity index (χ1) is 12.2. The molecule has 1 aliphatic rings. The third-order valence-corrected chi connectivity index (χ3v) is 5.16. The highest BCUT2D eigenvalue weighted by molar-refractivity contribution is 8.00. The Morgan fingerprint density at radius 1 is 1.27 bits per heavy atom. The molecule has 140 valence electrons. The monoisotopic (exact) mass is 381 g/mol. The number of benzene rings is 1. The molecule has 26 heavy (non-hydrogen) atoms. The van der Waals surface area contributed by atoms with Crippen LogP contribution in [0.2, 0.25) is 0 Å². The molecule has 1 heterocycles. The summed E-state index contributed by atoms with van der Waals surface area (Å²) in [5, 5.41) is 32.0. The first-order valence-corrected chi connectivity index (χ1v) is 8.64. The summed E-state index contributed by atoms with van der Waals surface area (Å²) < 4.78 is 0. The van der Waals surface area contributed by atoms with E-state index in [2.05, 4.69) is 10.6 Å². The molecular formula is C16H19N3O6S. The summed E-state index contributed by atoms with van der Waals surface area (Å²) in [4.78, 5) is 35.2. The summed E-state index contributed by atoms with van der Waals surface area (Å²) in [6.07, 6.45) is 0. The summed E-state index contributed by atoms with van der Waals surface area (Å²) in [6, 6.07) is 3.13. The molecule has 1 aromatic carbocycles. The molecular weight excluding hydrogens is 362 g/mol. The molecule has 0 unspecified atom stereocenters. The van der Waals surface area contributed by atoms with Crippen molar-refractivity contribution in [1.29, 1.82) is 0 Å². The van der Waals surface area contributed by atoms with Crippen LogP contribution in [0.4, 0.5) is 0 Å². The summed E-state index contributed by atoms with van der Waals surface area (Å²) in [5.74, 6) is -2.90. The zero-order chi connectivity index (χ0) is 19.4. The van der Waals surface area contributed by atoms with E-state index in [0.717, 1.165) is 0 Å². The number of nitrogens with one attached hydrogen (secondary N) is 2. The summed E-state index contributed by atoms with van der Waals surface area (Å²) in [7, 11) is 0. The lowest BCUT2D eigenvalue weighted by Crippen LogP contribution is -2.55. The second kappa shape index (κ2) is 8.11. The highest BCUT2D eigenvalue weighted by Gasteiger charge is 2.35. The molecule has 2 rings (SSSR count). The fourth-order valence-corrected chi connectivity index (χ4v) is 3.51. The van der Waals surface area contributed by atoms with Gasteiger partial charge in [0, 0.05) is 5.75 Å². The van der Waals surface area contributed by atoms with E-state index in [9.17, 15) is 29.7 Å². The molecule has 0 spiro atoms. The van der Waals surface area contributed by atoms with Gasteiger partial charge in [0.25, 0.3) is 0 Å². The molecule has 7 N–H and O–H groups in total. The topological polar surface area (TPSA) is 162 Å². The number of aliphatic carboxylic acids is 2. The van der Waals surface area contributed by atoms with E-state index in [1.165, 1.54) is 36.0 Å². The van der Waals surface area contributed by atoms with Crippen molar-refractivity contribution in [2.45, 2.75) is 24.4 Å². The Morgan fingerprint density at radius 2 is 1.88 bits per heavy atom. The summed E-state index contributed by atoms with van der Waals surface area (Å²) >= 11 is 1.18. The van der Waals surface area contributed by atoms with Crippen molar-refractivity contribution in [2.75, 3.05) is 5.75 Å². The van der Waals surface area contributed by atoms with Crippen LogP contribution in [0.15, 0.2) is 35.5 Å². The lowest BCUT2D eigenvalue weighted by atomic mass is 10.1. The predicted molar refractivity (Wildman–Crippen MR) is 94.3 cm³/mol. The van der Waals surface area contributed by atoms with E-state index in [-0.39, 0.29) is 11.4 Å². The van der Waals surface area contributed by atoms with Gasteiger partial charge >= 0.3 is 11.9 Å². The fourth-order valence-electron chi connectivity index (χ4n) is 2.36. The summed E-state index contributed by atoms with van der Waals surface area (Å²) in [5.41, 5.74) is 6.75. The smallest absolute Gasteiger partial charge is 0.351 e. The number of rotatable bonds is 6. The van der Waals surface area contributed by atoms with E-state index in [1.54, 1.807) is 6.92 Å². The van der Waals surface area contributed by atoms with Gasteiger partial charge in [-0.05, 0) is 30.2 Å². The van der Waals surface area contributed by atoms with E-state index in [0.29, 0.717) is 16.9 Å². The van der Waals surface area contributed by atoms with Crippen LogP contribution in [0.1, 0.15) is 18.5 Å². The number of carboxylic acid groups (broad SMARTS) is 2. The molecule has 0 radical (unpaired) electrons. The molecule has 9 nitrogen and oxygen atoms in total. The van der Waals surface area contributed by atoms with Gasteiger partial charge in [0.15, 0.2) is 6.04 Å². The number of carbonyl (C=O) groups excluding carboxylic acids is 1. The van der Waals surface area contributed by atoms with Crippen LogP contribution in [0.3, 0.4) is 0 Å². The maximum absolute atomic E-state index is 12.3. The molecule has 0 saturated heterocycles. The van der Waals surface area contributed by atoms with Crippen molar-refractivity contribution in [1.82, 2.24) is 10.6 Å². The Labute approximate surface area is 153 Å². The Hall–Kier alpha value is -2.72. The van der Waals surface area contributed by atoms with Crippen molar-refractivity contribution < 1.29 is 29.7 Å². The van der Waals surface area contributed by atoms with Crippen LogP contribution in [-0.4, -0.2) is 50.3 Å². The van der Waals surface area contributed by atoms with Crippen molar-refractivity contribution in [3.63, 3.8) is 0 Å². The number of amides is 1. The Bertz CT molecular complexity index is 749.